The van der Waals surface area contributed by atoms with Crippen molar-refractivity contribution in [3.05, 3.63) is 34.4 Å². The fourth-order valence-corrected chi connectivity index (χ4v) is 3.51. The molecular weight excluding hydrogens is 348 g/mol. The van der Waals surface area contributed by atoms with E-state index < -0.39 is 11.5 Å². The molecule has 0 unspecified atom stereocenters. The van der Waals surface area contributed by atoms with Gasteiger partial charge in [0.15, 0.2) is 0 Å². The largest absolute Gasteiger partial charge is 0.480 e. The second-order valence-corrected chi connectivity index (χ2v) is 6.58. The van der Waals surface area contributed by atoms with E-state index in [2.05, 4.69) is 21.2 Å². The standard InChI is InChI=1S/C16H17BrN2O3/c1-10-14(17)11-5-2-3-6-12(11)19(10)9-13(20)18-16(15(21)22)7-4-8-16/h2-3,5-6H,4,7-9H2,1H3,(H,18,20)(H,21,22). The van der Waals surface area contributed by atoms with Crippen molar-refractivity contribution in [3.8, 4) is 0 Å². The molecular formula is C16H17BrN2O3. The minimum Gasteiger partial charge on any atom is -0.480 e. The van der Waals surface area contributed by atoms with E-state index in [4.69, 9.17) is 0 Å². The zero-order valence-electron chi connectivity index (χ0n) is 12.2. The predicted molar refractivity (Wildman–Crippen MR) is 86.7 cm³/mol. The summed E-state index contributed by atoms with van der Waals surface area (Å²) in [6.07, 6.45) is 1.84. The zero-order chi connectivity index (χ0) is 15.9. The highest BCUT2D eigenvalue weighted by atomic mass is 79.9. The van der Waals surface area contributed by atoms with Gasteiger partial charge >= 0.3 is 5.97 Å². The van der Waals surface area contributed by atoms with Crippen molar-refractivity contribution in [2.75, 3.05) is 0 Å². The van der Waals surface area contributed by atoms with Gasteiger partial charge in [0.25, 0.3) is 0 Å². The number of carbonyl (C=O) groups is 2. The molecule has 1 aromatic heterocycles. The third kappa shape index (κ3) is 2.31. The summed E-state index contributed by atoms with van der Waals surface area (Å²) >= 11 is 3.55. The van der Waals surface area contributed by atoms with E-state index in [0.29, 0.717) is 12.8 Å². The van der Waals surface area contributed by atoms with Gasteiger partial charge < -0.3 is 15.0 Å². The molecule has 6 heteroatoms. The Morgan fingerprint density at radius 1 is 1.36 bits per heavy atom. The Hall–Kier alpha value is -1.82. The van der Waals surface area contributed by atoms with Gasteiger partial charge in [0.1, 0.15) is 12.1 Å². The van der Waals surface area contributed by atoms with E-state index in [0.717, 1.165) is 27.5 Å². The molecule has 0 radical (unpaired) electrons. The van der Waals surface area contributed by atoms with Crippen LogP contribution in [0.15, 0.2) is 28.7 Å². The number of amides is 1. The number of carboxylic acids is 1. The Balaban J connectivity index is 1.86. The number of aromatic nitrogens is 1. The summed E-state index contributed by atoms with van der Waals surface area (Å²) in [4.78, 5) is 23.7. The van der Waals surface area contributed by atoms with Gasteiger partial charge in [-0.25, -0.2) is 4.79 Å². The third-order valence-electron chi connectivity index (χ3n) is 4.45. The topological polar surface area (TPSA) is 71.3 Å². The summed E-state index contributed by atoms with van der Waals surface area (Å²) < 4.78 is 2.87. The van der Waals surface area contributed by atoms with E-state index in [1.54, 1.807) is 0 Å². The van der Waals surface area contributed by atoms with Gasteiger partial charge in [-0.2, -0.15) is 0 Å². The molecule has 1 aliphatic carbocycles. The molecule has 2 N–H and O–H groups in total. The molecule has 1 saturated carbocycles. The van der Waals surface area contributed by atoms with Crippen LogP contribution in [-0.2, 0) is 16.1 Å². The first-order valence-corrected chi connectivity index (χ1v) is 8.02. The van der Waals surface area contributed by atoms with Gasteiger partial charge in [-0.05, 0) is 48.2 Å². The summed E-state index contributed by atoms with van der Waals surface area (Å²) in [7, 11) is 0. The summed E-state index contributed by atoms with van der Waals surface area (Å²) in [5.74, 6) is -1.21. The maximum absolute atomic E-state index is 12.3. The summed E-state index contributed by atoms with van der Waals surface area (Å²) in [5, 5.41) is 13.1. The minimum atomic E-state index is -1.06. The first-order chi connectivity index (χ1) is 10.4. The summed E-state index contributed by atoms with van der Waals surface area (Å²) in [6, 6.07) is 7.82. The van der Waals surface area contributed by atoms with Gasteiger partial charge in [0.05, 0.1) is 0 Å². The number of aliphatic carboxylic acids is 1. The Morgan fingerprint density at radius 3 is 2.64 bits per heavy atom. The van der Waals surface area contributed by atoms with Crippen LogP contribution in [0.1, 0.15) is 25.0 Å². The SMILES string of the molecule is Cc1c(Br)c2ccccc2n1CC(=O)NC1(C(=O)O)CCC1. The van der Waals surface area contributed by atoms with E-state index in [1.165, 1.54) is 0 Å². The molecule has 0 saturated heterocycles. The maximum atomic E-state index is 12.3. The summed E-state index contributed by atoms with van der Waals surface area (Å²) in [6.45, 7) is 2.06. The van der Waals surface area contributed by atoms with Crippen molar-refractivity contribution in [1.82, 2.24) is 9.88 Å². The Morgan fingerprint density at radius 2 is 2.05 bits per heavy atom. The number of fused-ring (bicyclic) bond motifs is 1. The molecule has 1 amide bonds. The molecule has 116 valence electrons. The molecule has 0 aliphatic heterocycles. The van der Waals surface area contributed by atoms with Crippen LogP contribution >= 0.6 is 15.9 Å². The number of nitrogens with one attached hydrogen (secondary N) is 1. The van der Waals surface area contributed by atoms with Crippen LogP contribution in [0.5, 0.6) is 0 Å². The molecule has 1 heterocycles. The zero-order valence-corrected chi connectivity index (χ0v) is 13.8. The van der Waals surface area contributed by atoms with Crippen LogP contribution in [0.4, 0.5) is 0 Å². The average molecular weight is 365 g/mol. The van der Waals surface area contributed by atoms with Crippen molar-refractivity contribution in [1.29, 1.82) is 0 Å². The lowest BCUT2D eigenvalue weighted by Gasteiger charge is -2.38. The molecule has 0 spiro atoms. The number of rotatable bonds is 4. The fourth-order valence-electron chi connectivity index (χ4n) is 2.97. The number of benzene rings is 1. The number of carbonyl (C=O) groups excluding carboxylic acids is 1. The number of para-hydroxylation sites is 1. The first kappa shape index (κ1) is 15.1. The minimum absolute atomic E-state index is 0.118. The normalized spacial score (nSPS) is 16.3. The smallest absolute Gasteiger partial charge is 0.329 e. The molecule has 5 nitrogen and oxygen atoms in total. The van der Waals surface area contributed by atoms with Crippen molar-refractivity contribution in [2.45, 2.75) is 38.3 Å². The number of nitrogens with zero attached hydrogens (tertiary/aromatic N) is 1. The quantitative estimate of drug-likeness (QED) is 0.875. The van der Waals surface area contributed by atoms with Crippen molar-refractivity contribution < 1.29 is 14.7 Å². The first-order valence-electron chi connectivity index (χ1n) is 7.22. The second-order valence-electron chi connectivity index (χ2n) is 5.79. The molecule has 3 rings (SSSR count). The second kappa shape index (κ2) is 5.43. The predicted octanol–water partition coefficient (Wildman–Crippen LogP) is 2.84. The van der Waals surface area contributed by atoms with Crippen LogP contribution in [0, 0.1) is 6.92 Å². The average Bonchev–Trinajstić information content (AvgIpc) is 2.68. The number of hydrogen-bond donors (Lipinski definition) is 2. The lowest BCUT2D eigenvalue weighted by Crippen LogP contribution is -2.59. The molecule has 1 aromatic carbocycles. The van der Waals surface area contributed by atoms with Crippen LogP contribution in [0.2, 0.25) is 0 Å². The fraction of sp³-hybridized carbons (Fsp3) is 0.375. The van der Waals surface area contributed by atoms with Gasteiger partial charge in [0.2, 0.25) is 5.91 Å². The lowest BCUT2D eigenvalue weighted by atomic mass is 9.77. The van der Waals surface area contributed by atoms with E-state index in [9.17, 15) is 14.7 Å². The van der Waals surface area contributed by atoms with Crippen molar-refractivity contribution in [2.24, 2.45) is 0 Å². The van der Waals surface area contributed by atoms with Crippen LogP contribution in [-0.4, -0.2) is 27.1 Å². The van der Waals surface area contributed by atoms with Crippen LogP contribution in [0.3, 0.4) is 0 Å². The van der Waals surface area contributed by atoms with E-state index >= 15 is 0 Å². The highest BCUT2D eigenvalue weighted by Gasteiger charge is 2.45. The molecule has 22 heavy (non-hydrogen) atoms. The van der Waals surface area contributed by atoms with Gasteiger partial charge in [-0.1, -0.05) is 18.2 Å². The Labute approximate surface area is 136 Å². The van der Waals surface area contributed by atoms with Crippen molar-refractivity contribution >= 4 is 38.7 Å². The molecule has 2 aromatic rings. The van der Waals surface area contributed by atoms with Crippen molar-refractivity contribution in [3.63, 3.8) is 0 Å². The molecule has 1 fully saturated rings. The van der Waals surface area contributed by atoms with E-state index in [-0.39, 0.29) is 12.5 Å². The highest BCUT2D eigenvalue weighted by Crippen LogP contribution is 2.33. The highest BCUT2D eigenvalue weighted by molar-refractivity contribution is 9.10. The van der Waals surface area contributed by atoms with Gasteiger partial charge in [-0.15, -0.1) is 0 Å². The van der Waals surface area contributed by atoms with Gasteiger partial charge in [0, 0.05) is 21.1 Å². The summed E-state index contributed by atoms with van der Waals surface area (Å²) in [5.41, 5.74) is 0.847. The molecule has 0 bridgehead atoms. The van der Waals surface area contributed by atoms with Gasteiger partial charge in [-0.3, -0.25) is 4.79 Å². The van der Waals surface area contributed by atoms with Crippen LogP contribution < -0.4 is 5.32 Å². The third-order valence-corrected chi connectivity index (χ3v) is 5.45. The van der Waals surface area contributed by atoms with Crippen LogP contribution in [0.25, 0.3) is 10.9 Å². The molecule has 0 atom stereocenters. The Kier molecular flexibility index (Phi) is 3.72. The van der Waals surface area contributed by atoms with E-state index in [1.807, 2.05) is 35.8 Å². The maximum Gasteiger partial charge on any atom is 0.329 e. The Bertz CT molecular complexity index is 762. The number of carboxylic acid groups (broad SMARTS) is 1. The lowest BCUT2D eigenvalue weighted by molar-refractivity contribution is -0.151. The number of halogens is 1. The molecule has 1 aliphatic rings. The monoisotopic (exact) mass is 364 g/mol. The number of hydrogen-bond acceptors (Lipinski definition) is 2.